The molecule has 3 nitrogen and oxygen atoms in total. The highest BCUT2D eigenvalue weighted by Gasteiger charge is 2.54. The van der Waals surface area contributed by atoms with Gasteiger partial charge >= 0.3 is 0 Å². The van der Waals surface area contributed by atoms with E-state index in [4.69, 9.17) is 0 Å². The third-order valence-electron chi connectivity index (χ3n) is 5.07. The van der Waals surface area contributed by atoms with E-state index in [1.54, 1.807) is 0 Å². The Morgan fingerprint density at radius 2 is 2.00 bits per heavy atom. The van der Waals surface area contributed by atoms with E-state index in [1.807, 2.05) is 0 Å². The molecular weight excluding hydrogens is 272 g/mol. The molecule has 0 aromatic heterocycles. The lowest BCUT2D eigenvalue weighted by Gasteiger charge is -2.37. The number of amides is 1. The molecule has 3 rings (SSSR count). The lowest BCUT2D eigenvalue weighted by atomic mass is 9.69. The topological polar surface area (TPSA) is 32.3 Å². The Bertz CT molecular complexity index is 526. The molecule has 2 aliphatic rings. The van der Waals surface area contributed by atoms with Gasteiger partial charge in [-0.25, -0.2) is 0 Å². The SMILES string of the molecule is CC(C)(C)CN1CC(c2ccccc2)C2(CCCNC2)C1=O. The van der Waals surface area contributed by atoms with E-state index in [0.29, 0.717) is 11.8 Å². The molecule has 120 valence electrons. The fourth-order valence-electron chi connectivity index (χ4n) is 4.17. The van der Waals surface area contributed by atoms with E-state index in [2.05, 4.69) is 61.3 Å². The fourth-order valence-corrected chi connectivity index (χ4v) is 4.17. The number of likely N-dealkylation sites (tertiary alicyclic amines) is 1. The Labute approximate surface area is 134 Å². The van der Waals surface area contributed by atoms with E-state index < -0.39 is 0 Å². The molecule has 2 fully saturated rings. The highest BCUT2D eigenvalue weighted by Crippen LogP contribution is 2.48. The molecule has 2 unspecified atom stereocenters. The second-order valence-electron chi connectivity index (χ2n) is 8.15. The van der Waals surface area contributed by atoms with Gasteiger partial charge in [-0.1, -0.05) is 51.1 Å². The van der Waals surface area contributed by atoms with E-state index in [0.717, 1.165) is 39.0 Å². The van der Waals surface area contributed by atoms with Crippen LogP contribution in [0.1, 0.15) is 45.1 Å². The first-order chi connectivity index (χ1) is 10.4. The fraction of sp³-hybridized carbons (Fsp3) is 0.632. The maximum Gasteiger partial charge on any atom is 0.230 e. The number of rotatable bonds is 2. The molecule has 2 saturated heterocycles. The van der Waals surface area contributed by atoms with Crippen LogP contribution in [-0.2, 0) is 4.79 Å². The largest absolute Gasteiger partial charge is 0.341 e. The summed E-state index contributed by atoms with van der Waals surface area (Å²) in [5, 5.41) is 3.48. The van der Waals surface area contributed by atoms with E-state index in [-0.39, 0.29) is 10.8 Å². The van der Waals surface area contributed by atoms with E-state index in [9.17, 15) is 4.79 Å². The average Bonchev–Trinajstić information content (AvgIpc) is 2.73. The predicted molar refractivity (Wildman–Crippen MR) is 89.8 cm³/mol. The van der Waals surface area contributed by atoms with Gasteiger partial charge in [-0.15, -0.1) is 0 Å². The summed E-state index contributed by atoms with van der Waals surface area (Å²) in [5.74, 6) is 0.680. The molecule has 2 aliphatic heterocycles. The number of hydrogen-bond donors (Lipinski definition) is 1. The number of carbonyl (C=O) groups excluding carboxylic acids is 1. The third kappa shape index (κ3) is 2.79. The number of nitrogens with zero attached hydrogens (tertiary/aromatic N) is 1. The van der Waals surface area contributed by atoms with Gasteiger partial charge < -0.3 is 10.2 Å². The van der Waals surface area contributed by atoms with Gasteiger partial charge in [0.1, 0.15) is 0 Å². The smallest absolute Gasteiger partial charge is 0.230 e. The van der Waals surface area contributed by atoms with Crippen LogP contribution in [0.2, 0.25) is 0 Å². The number of piperidine rings is 1. The van der Waals surface area contributed by atoms with Crippen LogP contribution in [0.15, 0.2) is 30.3 Å². The van der Waals surface area contributed by atoms with Crippen molar-refractivity contribution < 1.29 is 4.79 Å². The molecule has 22 heavy (non-hydrogen) atoms. The lowest BCUT2D eigenvalue weighted by Crippen LogP contribution is -2.48. The first-order valence-electron chi connectivity index (χ1n) is 8.47. The first kappa shape index (κ1) is 15.5. The van der Waals surface area contributed by atoms with Crippen molar-refractivity contribution in [2.75, 3.05) is 26.2 Å². The standard InChI is InChI=1S/C19H28N2O/c1-18(2,3)14-21-12-16(15-8-5-4-6-9-15)19(17(21)22)10-7-11-20-13-19/h4-6,8-9,16,20H,7,10-14H2,1-3H3. The molecule has 2 heterocycles. The average molecular weight is 300 g/mol. The zero-order valence-electron chi connectivity index (χ0n) is 14.1. The maximum atomic E-state index is 13.2. The number of benzene rings is 1. The van der Waals surface area contributed by atoms with Gasteiger partial charge in [0.05, 0.1) is 5.41 Å². The highest BCUT2D eigenvalue weighted by molar-refractivity contribution is 5.87. The molecule has 0 bridgehead atoms. The summed E-state index contributed by atoms with van der Waals surface area (Å²) in [6.45, 7) is 10.2. The van der Waals surface area contributed by atoms with Gasteiger partial charge in [0.15, 0.2) is 0 Å². The van der Waals surface area contributed by atoms with Crippen molar-refractivity contribution in [3.63, 3.8) is 0 Å². The van der Waals surface area contributed by atoms with Crippen molar-refractivity contribution in [3.8, 4) is 0 Å². The van der Waals surface area contributed by atoms with Crippen LogP contribution >= 0.6 is 0 Å². The molecule has 0 aliphatic carbocycles. The minimum Gasteiger partial charge on any atom is -0.341 e. The Morgan fingerprint density at radius 3 is 2.59 bits per heavy atom. The molecule has 3 heteroatoms. The van der Waals surface area contributed by atoms with Crippen LogP contribution in [0.25, 0.3) is 0 Å². The van der Waals surface area contributed by atoms with Crippen LogP contribution < -0.4 is 5.32 Å². The van der Waals surface area contributed by atoms with Crippen LogP contribution in [0.3, 0.4) is 0 Å². The summed E-state index contributed by atoms with van der Waals surface area (Å²) < 4.78 is 0. The van der Waals surface area contributed by atoms with Gasteiger partial charge in [0, 0.05) is 25.6 Å². The number of carbonyl (C=O) groups is 1. The lowest BCUT2D eigenvalue weighted by molar-refractivity contribution is -0.138. The van der Waals surface area contributed by atoms with Crippen molar-refractivity contribution in [1.82, 2.24) is 10.2 Å². The Kier molecular flexibility index (Phi) is 4.02. The number of hydrogen-bond acceptors (Lipinski definition) is 2. The summed E-state index contributed by atoms with van der Waals surface area (Å²) in [4.78, 5) is 15.3. The van der Waals surface area contributed by atoms with Crippen LogP contribution in [0.5, 0.6) is 0 Å². The monoisotopic (exact) mass is 300 g/mol. The highest BCUT2D eigenvalue weighted by atomic mass is 16.2. The zero-order chi connectivity index (χ0) is 15.8. The molecule has 2 atom stereocenters. The summed E-state index contributed by atoms with van der Waals surface area (Å²) in [6, 6.07) is 10.6. The van der Waals surface area contributed by atoms with E-state index in [1.165, 1.54) is 5.56 Å². The molecule has 0 radical (unpaired) electrons. The summed E-state index contributed by atoms with van der Waals surface area (Å²) in [6.07, 6.45) is 2.11. The van der Waals surface area contributed by atoms with Crippen LogP contribution in [0.4, 0.5) is 0 Å². The predicted octanol–water partition coefficient (Wildman–Crippen LogP) is 3.03. The second-order valence-corrected chi connectivity index (χ2v) is 8.15. The normalized spacial score (nSPS) is 29.3. The molecule has 0 saturated carbocycles. The maximum absolute atomic E-state index is 13.2. The third-order valence-corrected chi connectivity index (χ3v) is 5.07. The molecule has 1 aromatic rings. The minimum atomic E-state index is -0.231. The van der Waals surface area contributed by atoms with Gasteiger partial charge in [-0.05, 0) is 30.4 Å². The van der Waals surface area contributed by atoms with Gasteiger partial charge in [0.2, 0.25) is 5.91 Å². The van der Waals surface area contributed by atoms with Crippen molar-refractivity contribution >= 4 is 5.91 Å². The quantitative estimate of drug-likeness (QED) is 0.910. The summed E-state index contributed by atoms with van der Waals surface area (Å²) >= 11 is 0. The Balaban J connectivity index is 1.94. The van der Waals surface area contributed by atoms with Crippen molar-refractivity contribution in [2.45, 2.75) is 39.5 Å². The molecule has 1 aromatic carbocycles. The van der Waals surface area contributed by atoms with Crippen molar-refractivity contribution in [1.29, 1.82) is 0 Å². The van der Waals surface area contributed by atoms with Crippen molar-refractivity contribution in [3.05, 3.63) is 35.9 Å². The molecular formula is C19H28N2O. The van der Waals surface area contributed by atoms with Crippen LogP contribution in [0, 0.1) is 10.8 Å². The Hall–Kier alpha value is -1.35. The van der Waals surface area contributed by atoms with Crippen molar-refractivity contribution in [2.24, 2.45) is 10.8 Å². The Morgan fingerprint density at radius 1 is 1.27 bits per heavy atom. The van der Waals surface area contributed by atoms with Crippen LogP contribution in [-0.4, -0.2) is 37.0 Å². The summed E-state index contributed by atoms with van der Waals surface area (Å²) in [7, 11) is 0. The molecule has 1 amide bonds. The van der Waals surface area contributed by atoms with Gasteiger partial charge in [-0.3, -0.25) is 4.79 Å². The molecule has 1 spiro atoms. The zero-order valence-corrected chi connectivity index (χ0v) is 14.1. The first-order valence-corrected chi connectivity index (χ1v) is 8.47. The van der Waals surface area contributed by atoms with Gasteiger partial charge in [-0.2, -0.15) is 0 Å². The van der Waals surface area contributed by atoms with Gasteiger partial charge in [0.25, 0.3) is 0 Å². The number of nitrogens with one attached hydrogen (secondary N) is 1. The molecule has 1 N–H and O–H groups in total. The second kappa shape index (κ2) is 5.69. The minimum absolute atomic E-state index is 0.143. The summed E-state index contributed by atoms with van der Waals surface area (Å²) in [5.41, 5.74) is 1.23. The van der Waals surface area contributed by atoms with E-state index >= 15 is 0 Å².